The van der Waals surface area contributed by atoms with Crippen molar-refractivity contribution in [1.29, 1.82) is 0 Å². The summed E-state index contributed by atoms with van der Waals surface area (Å²) in [7, 11) is 0. The van der Waals surface area contributed by atoms with Crippen LogP contribution in [0.25, 0.3) is 11.3 Å². The topological polar surface area (TPSA) is 54.9 Å². The molecule has 1 amide bonds. The molecule has 1 aromatic carbocycles. The average Bonchev–Trinajstić information content (AvgIpc) is 2.47. The van der Waals surface area contributed by atoms with E-state index in [-0.39, 0.29) is 11.7 Å². The Morgan fingerprint density at radius 3 is 2.86 bits per heavy atom. The molecule has 0 saturated carbocycles. The fourth-order valence-electron chi connectivity index (χ4n) is 2.83. The summed E-state index contributed by atoms with van der Waals surface area (Å²) in [5, 5.41) is 2.77. The number of hydrogen-bond donors (Lipinski definition) is 1. The van der Waals surface area contributed by atoms with Crippen LogP contribution in [-0.4, -0.2) is 15.9 Å². The maximum Gasteiger partial charge on any atom is 0.222 e. The normalized spacial score (nSPS) is 12.5. The molecule has 0 radical (unpaired) electrons. The summed E-state index contributed by atoms with van der Waals surface area (Å²) in [5.41, 5.74) is 4.38. The maximum atomic E-state index is 13.4. The van der Waals surface area contributed by atoms with Gasteiger partial charge in [-0.2, -0.15) is 0 Å². The lowest BCUT2D eigenvalue weighted by atomic mass is 9.91. The maximum absolute atomic E-state index is 13.4. The molecule has 1 aliphatic carbocycles. The molecule has 0 bridgehead atoms. The molecule has 1 aliphatic rings. The smallest absolute Gasteiger partial charge is 0.222 e. The monoisotopic (exact) mass is 299 g/mol. The van der Waals surface area contributed by atoms with E-state index in [0.717, 1.165) is 47.5 Å². The van der Waals surface area contributed by atoms with Crippen molar-refractivity contribution in [1.82, 2.24) is 9.97 Å². The van der Waals surface area contributed by atoms with Crippen molar-refractivity contribution < 1.29 is 9.18 Å². The largest absolute Gasteiger partial charge is 0.309 e. The van der Waals surface area contributed by atoms with Gasteiger partial charge >= 0.3 is 0 Å². The summed E-state index contributed by atoms with van der Waals surface area (Å²) >= 11 is 0. The molecule has 0 atom stereocenters. The Labute approximate surface area is 128 Å². The second kappa shape index (κ2) is 5.83. The SMILES string of the molecule is CCCc1nc2c(nc1NC(C)=O)CCc1cc(F)ccc1-2. The number of carbonyl (C=O) groups is 1. The molecule has 0 aliphatic heterocycles. The third-order valence-corrected chi connectivity index (χ3v) is 3.78. The lowest BCUT2D eigenvalue weighted by Gasteiger charge is -2.20. The van der Waals surface area contributed by atoms with E-state index in [1.807, 2.05) is 0 Å². The van der Waals surface area contributed by atoms with Gasteiger partial charge in [0.1, 0.15) is 5.82 Å². The lowest BCUT2D eigenvalue weighted by Crippen LogP contribution is -2.16. The van der Waals surface area contributed by atoms with E-state index < -0.39 is 0 Å². The van der Waals surface area contributed by atoms with Crippen LogP contribution >= 0.6 is 0 Å². The Morgan fingerprint density at radius 2 is 2.14 bits per heavy atom. The quantitative estimate of drug-likeness (QED) is 0.946. The van der Waals surface area contributed by atoms with Gasteiger partial charge in [-0.1, -0.05) is 13.3 Å². The van der Waals surface area contributed by atoms with E-state index in [4.69, 9.17) is 4.98 Å². The summed E-state index contributed by atoms with van der Waals surface area (Å²) in [6.45, 7) is 3.52. The lowest BCUT2D eigenvalue weighted by molar-refractivity contribution is -0.114. The van der Waals surface area contributed by atoms with E-state index in [9.17, 15) is 9.18 Å². The van der Waals surface area contributed by atoms with Crippen molar-refractivity contribution in [3.63, 3.8) is 0 Å². The molecule has 114 valence electrons. The van der Waals surface area contributed by atoms with Crippen molar-refractivity contribution >= 4 is 11.7 Å². The van der Waals surface area contributed by atoms with Crippen LogP contribution in [0.2, 0.25) is 0 Å². The predicted molar refractivity (Wildman–Crippen MR) is 83.1 cm³/mol. The summed E-state index contributed by atoms with van der Waals surface area (Å²) in [5.74, 6) is 0.183. The number of rotatable bonds is 3. The van der Waals surface area contributed by atoms with Crippen LogP contribution in [-0.2, 0) is 24.1 Å². The molecule has 5 heteroatoms. The molecule has 0 unspecified atom stereocenters. The summed E-state index contributed by atoms with van der Waals surface area (Å²) in [6, 6.07) is 4.79. The number of nitrogens with one attached hydrogen (secondary N) is 1. The molecular formula is C17H18FN3O. The van der Waals surface area contributed by atoms with Crippen LogP contribution in [0.5, 0.6) is 0 Å². The molecule has 1 heterocycles. The van der Waals surface area contributed by atoms with Gasteiger partial charge in [0.05, 0.1) is 17.1 Å². The van der Waals surface area contributed by atoms with Gasteiger partial charge in [0, 0.05) is 12.5 Å². The van der Waals surface area contributed by atoms with Crippen molar-refractivity contribution in [3.05, 3.63) is 41.0 Å². The first-order valence-corrected chi connectivity index (χ1v) is 7.54. The summed E-state index contributed by atoms with van der Waals surface area (Å²) < 4.78 is 13.4. The minimum absolute atomic E-state index is 0.148. The van der Waals surface area contributed by atoms with Crippen LogP contribution in [0.3, 0.4) is 0 Å². The van der Waals surface area contributed by atoms with E-state index in [0.29, 0.717) is 12.2 Å². The van der Waals surface area contributed by atoms with Crippen molar-refractivity contribution in [3.8, 4) is 11.3 Å². The zero-order valence-electron chi connectivity index (χ0n) is 12.7. The Morgan fingerprint density at radius 1 is 1.32 bits per heavy atom. The van der Waals surface area contributed by atoms with Gasteiger partial charge in [-0.15, -0.1) is 0 Å². The molecule has 1 aromatic heterocycles. The first-order valence-electron chi connectivity index (χ1n) is 7.54. The summed E-state index contributed by atoms with van der Waals surface area (Å²) in [6.07, 6.45) is 3.10. The van der Waals surface area contributed by atoms with Crippen LogP contribution in [0.1, 0.15) is 37.2 Å². The number of halogens is 1. The molecule has 3 rings (SSSR count). The van der Waals surface area contributed by atoms with Gasteiger partial charge in [0.2, 0.25) is 5.91 Å². The second-order valence-electron chi connectivity index (χ2n) is 5.55. The highest BCUT2D eigenvalue weighted by atomic mass is 19.1. The van der Waals surface area contributed by atoms with Gasteiger partial charge in [-0.05, 0) is 43.0 Å². The number of amides is 1. The minimum Gasteiger partial charge on any atom is -0.309 e. The number of benzene rings is 1. The number of carbonyl (C=O) groups excluding carboxylic acids is 1. The third kappa shape index (κ3) is 2.71. The van der Waals surface area contributed by atoms with Crippen LogP contribution in [0.4, 0.5) is 10.2 Å². The number of aromatic nitrogens is 2. The number of hydrogen-bond acceptors (Lipinski definition) is 3. The third-order valence-electron chi connectivity index (χ3n) is 3.78. The van der Waals surface area contributed by atoms with Gasteiger partial charge in [0.25, 0.3) is 0 Å². The average molecular weight is 299 g/mol. The molecule has 4 nitrogen and oxygen atoms in total. The van der Waals surface area contributed by atoms with Gasteiger partial charge in [0.15, 0.2) is 5.82 Å². The molecule has 0 saturated heterocycles. The highest BCUT2D eigenvalue weighted by Gasteiger charge is 2.22. The van der Waals surface area contributed by atoms with Crippen molar-refractivity contribution in [2.45, 2.75) is 39.5 Å². The number of anilines is 1. The van der Waals surface area contributed by atoms with Gasteiger partial charge in [-0.3, -0.25) is 4.79 Å². The highest BCUT2D eigenvalue weighted by Crippen LogP contribution is 2.33. The Balaban J connectivity index is 2.12. The standard InChI is InChI=1S/C17H18FN3O/c1-3-4-15-17(19-10(2)22)21-14-8-5-11-9-12(18)6-7-13(11)16(14)20-15/h6-7,9H,3-5,8H2,1-2H3,(H,19,21,22). The molecule has 1 N–H and O–H groups in total. The second-order valence-corrected chi connectivity index (χ2v) is 5.55. The van der Waals surface area contributed by atoms with E-state index in [2.05, 4.69) is 17.2 Å². The first kappa shape index (κ1) is 14.6. The highest BCUT2D eigenvalue weighted by molar-refractivity contribution is 5.88. The Hall–Kier alpha value is -2.30. The number of fused-ring (bicyclic) bond motifs is 3. The molecular weight excluding hydrogens is 281 g/mol. The molecule has 0 fully saturated rings. The van der Waals surface area contributed by atoms with Crippen molar-refractivity contribution in [2.24, 2.45) is 0 Å². The zero-order chi connectivity index (χ0) is 15.7. The number of aryl methyl sites for hydroxylation is 3. The van der Waals surface area contributed by atoms with E-state index in [1.165, 1.54) is 13.0 Å². The fourth-order valence-corrected chi connectivity index (χ4v) is 2.83. The van der Waals surface area contributed by atoms with Crippen LogP contribution in [0.15, 0.2) is 18.2 Å². The van der Waals surface area contributed by atoms with E-state index >= 15 is 0 Å². The fraction of sp³-hybridized carbons (Fsp3) is 0.353. The predicted octanol–water partition coefficient (Wildman–Crippen LogP) is 3.29. The van der Waals surface area contributed by atoms with Crippen LogP contribution < -0.4 is 5.32 Å². The number of nitrogens with zero attached hydrogens (tertiary/aromatic N) is 2. The van der Waals surface area contributed by atoms with Gasteiger partial charge in [-0.25, -0.2) is 14.4 Å². The molecule has 0 spiro atoms. The van der Waals surface area contributed by atoms with E-state index in [1.54, 1.807) is 12.1 Å². The molecule has 2 aromatic rings. The Kier molecular flexibility index (Phi) is 3.88. The van der Waals surface area contributed by atoms with Crippen LogP contribution in [0, 0.1) is 5.82 Å². The van der Waals surface area contributed by atoms with Crippen molar-refractivity contribution in [2.75, 3.05) is 5.32 Å². The molecule has 22 heavy (non-hydrogen) atoms. The minimum atomic E-state index is -0.223. The Bertz CT molecular complexity index is 743. The summed E-state index contributed by atoms with van der Waals surface area (Å²) in [4.78, 5) is 20.7. The first-order chi connectivity index (χ1) is 10.6. The van der Waals surface area contributed by atoms with Gasteiger partial charge < -0.3 is 5.32 Å². The zero-order valence-corrected chi connectivity index (χ0v) is 12.7.